The summed E-state index contributed by atoms with van der Waals surface area (Å²) in [5.74, 6) is -2.55. The molecule has 27 heavy (non-hydrogen) atoms. The fourth-order valence-electron chi connectivity index (χ4n) is 2.37. The molecular formula is C19H19F2NO5. The third kappa shape index (κ3) is 5.40. The zero-order chi connectivity index (χ0) is 20.0. The second-order valence-electron chi connectivity index (χ2n) is 5.67. The van der Waals surface area contributed by atoms with Crippen molar-refractivity contribution < 1.29 is 33.0 Å². The first-order valence-electron chi connectivity index (χ1n) is 8.12. The molecule has 0 heterocycles. The van der Waals surface area contributed by atoms with Gasteiger partial charge in [0.15, 0.2) is 18.1 Å². The molecule has 0 aliphatic carbocycles. The van der Waals surface area contributed by atoms with Crippen LogP contribution in [0.25, 0.3) is 0 Å². The van der Waals surface area contributed by atoms with Crippen LogP contribution in [-0.4, -0.2) is 42.1 Å². The van der Waals surface area contributed by atoms with Crippen molar-refractivity contribution in [3.63, 3.8) is 0 Å². The molecule has 0 aliphatic rings. The quantitative estimate of drug-likeness (QED) is 0.763. The lowest BCUT2D eigenvalue weighted by molar-refractivity contribution is -0.139. The molecule has 2 aromatic rings. The molecule has 8 heteroatoms. The monoisotopic (exact) mass is 379 g/mol. The highest BCUT2D eigenvalue weighted by Crippen LogP contribution is 2.29. The molecule has 2 rings (SSSR count). The molecule has 0 radical (unpaired) electrons. The Labute approximate surface area is 154 Å². The van der Waals surface area contributed by atoms with Crippen molar-refractivity contribution in [2.45, 2.75) is 13.5 Å². The van der Waals surface area contributed by atoms with Gasteiger partial charge >= 0.3 is 5.97 Å². The van der Waals surface area contributed by atoms with Gasteiger partial charge < -0.3 is 19.5 Å². The predicted molar refractivity (Wildman–Crippen MR) is 92.9 cm³/mol. The molecule has 0 bridgehead atoms. The number of halogens is 2. The predicted octanol–water partition coefficient (Wildman–Crippen LogP) is 3.10. The number of rotatable bonds is 8. The molecule has 0 spiro atoms. The standard InChI is InChI=1S/C19H19F2NO5/c1-3-26-17-8-12(5-7-16(17)27-11-18(23)24)19(25)22(2)10-13-4-6-14(20)9-15(13)21/h4-9H,3,10-11H2,1-2H3,(H,23,24). The number of ether oxygens (including phenoxy) is 2. The lowest BCUT2D eigenvalue weighted by atomic mass is 10.1. The number of benzene rings is 2. The summed E-state index contributed by atoms with van der Waals surface area (Å²) in [6.45, 7) is 1.43. The topological polar surface area (TPSA) is 76.1 Å². The van der Waals surface area contributed by atoms with Crippen LogP contribution in [-0.2, 0) is 11.3 Å². The second-order valence-corrected chi connectivity index (χ2v) is 5.67. The molecule has 0 saturated carbocycles. The van der Waals surface area contributed by atoms with E-state index in [0.29, 0.717) is 0 Å². The van der Waals surface area contributed by atoms with Crippen molar-refractivity contribution in [2.24, 2.45) is 0 Å². The molecule has 0 aromatic heterocycles. The Bertz CT molecular complexity index is 841. The van der Waals surface area contributed by atoms with Gasteiger partial charge in [-0.1, -0.05) is 6.07 Å². The molecule has 0 unspecified atom stereocenters. The Morgan fingerprint density at radius 2 is 1.81 bits per heavy atom. The Hall–Kier alpha value is -3.16. The number of nitrogens with zero attached hydrogens (tertiary/aromatic N) is 1. The van der Waals surface area contributed by atoms with Gasteiger partial charge in [0.25, 0.3) is 5.91 Å². The van der Waals surface area contributed by atoms with E-state index in [9.17, 15) is 18.4 Å². The van der Waals surface area contributed by atoms with Gasteiger partial charge in [-0.25, -0.2) is 13.6 Å². The zero-order valence-corrected chi connectivity index (χ0v) is 14.9. The summed E-state index contributed by atoms with van der Waals surface area (Å²) in [5, 5.41) is 8.71. The minimum absolute atomic E-state index is 0.0494. The summed E-state index contributed by atoms with van der Waals surface area (Å²) >= 11 is 0. The highest BCUT2D eigenvalue weighted by Gasteiger charge is 2.17. The molecule has 6 nitrogen and oxygen atoms in total. The van der Waals surface area contributed by atoms with Crippen molar-refractivity contribution in [3.05, 3.63) is 59.2 Å². The fourth-order valence-corrected chi connectivity index (χ4v) is 2.37. The van der Waals surface area contributed by atoms with E-state index in [4.69, 9.17) is 14.6 Å². The average Bonchev–Trinajstić information content (AvgIpc) is 2.62. The Morgan fingerprint density at radius 3 is 2.44 bits per heavy atom. The van der Waals surface area contributed by atoms with E-state index in [1.807, 2.05) is 0 Å². The first-order valence-corrected chi connectivity index (χ1v) is 8.12. The van der Waals surface area contributed by atoms with E-state index in [1.54, 1.807) is 6.92 Å². The zero-order valence-electron chi connectivity index (χ0n) is 14.9. The third-order valence-electron chi connectivity index (χ3n) is 3.61. The van der Waals surface area contributed by atoms with Crippen LogP contribution in [0.5, 0.6) is 11.5 Å². The normalized spacial score (nSPS) is 10.4. The highest BCUT2D eigenvalue weighted by atomic mass is 19.1. The number of hydrogen-bond donors (Lipinski definition) is 1. The molecule has 144 valence electrons. The molecule has 0 fully saturated rings. The van der Waals surface area contributed by atoms with Gasteiger partial charge in [-0.3, -0.25) is 4.79 Å². The molecule has 0 saturated heterocycles. The van der Waals surface area contributed by atoms with Gasteiger partial charge in [-0.05, 0) is 31.2 Å². The lowest BCUT2D eigenvalue weighted by Crippen LogP contribution is -2.26. The maximum Gasteiger partial charge on any atom is 0.341 e. The van der Waals surface area contributed by atoms with Crippen LogP contribution in [0, 0.1) is 11.6 Å². The van der Waals surface area contributed by atoms with E-state index in [0.717, 1.165) is 12.1 Å². The minimum Gasteiger partial charge on any atom is -0.490 e. The first-order chi connectivity index (χ1) is 12.8. The number of amides is 1. The summed E-state index contributed by atoms with van der Waals surface area (Å²) in [6, 6.07) is 7.49. The number of carboxylic acid groups (broad SMARTS) is 1. The third-order valence-corrected chi connectivity index (χ3v) is 3.61. The highest BCUT2D eigenvalue weighted by molar-refractivity contribution is 5.94. The minimum atomic E-state index is -1.14. The van der Waals surface area contributed by atoms with Gasteiger partial charge in [-0.15, -0.1) is 0 Å². The summed E-state index contributed by atoms with van der Waals surface area (Å²) in [7, 11) is 1.49. The molecule has 1 amide bonds. The van der Waals surface area contributed by atoms with Crippen molar-refractivity contribution >= 4 is 11.9 Å². The smallest absolute Gasteiger partial charge is 0.341 e. The molecular weight excluding hydrogens is 360 g/mol. The van der Waals surface area contributed by atoms with Gasteiger partial charge in [0.2, 0.25) is 0 Å². The van der Waals surface area contributed by atoms with Gasteiger partial charge in [0.1, 0.15) is 11.6 Å². The van der Waals surface area contributed by atoms with Gasteiger partial charge in [0, 0.05) is 30.8 Å². The second kappa shape index (κ2) is 8.98. The SMILES string of the molecule is CCOc1cc(C(=O)N(C)Cc2ccc(F)cc2F)ccc1OCC(=O)O. The van der Waals surface area contributed by atoms with Crippen LogP contribution < -0.4 is 9.47 Å². The van der Waals surface area contributed by atoms with Crippen LogP contribution in [0.15, 0.2) is 36.4 Å². The maximum absolute atomic E-state index is 13.8. The number of carbonyl (C=O) groups excluding carboxylic acids is 1. The molecule has 1 N–H and O–H groups in total. The molecule has 0 aliphatic heterocycles. The van der Waals surface area contributed by atoms with Crippen LogP contribution >= 0.6 is 0 Å². The first kappa shape index (κ1) is 20.2. The van der Waals surface area contributed by atoms with E-state index in [1.165, 1.54) is 36.2 Å². The van der Waals surface area contributed by atoms with Crippen molar-refractivity contribution in [2.75, 3.05) is 20.3 Å². The summed E-state index contributed by atoms with van der Waals surface area (Å²) in [4.78, 5) is 24.5. The van der Waals surface area contributed by atoms with Crippen molar-refractivity contribution in [3.8, 4) is 11.5 Å². The van der Waals surface area contributed by atoms with E-state index in [-0.39, 0.29) is 35.8 Å². The fraction of sp³-hybridized carbons (Fsp3) is 0.263. The van der Waals surface area contributed by atoms with E-state index in [2.05, 4.69) is 0 Å². The lowest BCUT2D eigenvalue weighted by Gasteiger charge is -2.19. The summed E-state index contributed by atoms with van der Waals surface area (Å²) in [6.07, 6.45) is 0. The Balaban J connectivity index is 2.18. The van der Waals surface area contributed by atoms with E-state index < -0.39 is 30.1 Å². The average molecular weight is 379 g/mol. The van der Waals surface area contributed by atoms with Crippen LogP contribution in [0.3, 0.4) is 0 Å². The van der Waals surface area contributed by atoms with Crippen LogP contribution in [0.4, 0.5) is 8.78 Å². The van der Waals surface area contributed by atoms with Crippen molar-refractivity contribution in [1.82, 2.24) is 4.90 Å². The van der Waals surface area contributed by atoms with Gasteiger partial charge in [0.05, 0.1) is 6.61 Å². The summed E-state index contributed by atoms with van der Waals surface area (Å²) < 4.78 is 37.3. The summed E-state index contributed by atoms with van der Waals surface area (Å²) in [5.41, 5.74) is 0.435. The largest absolute Gasteiger partial charge is 0.490 e. The van der Waals surface area contributed by atoms with E-state index >= 15 is 0 Å². The maximum atomic E-state index is 13.8. The van der Waals surface area contributed by atoms with Crippen LogP contribution in [0.2, 0.25) is 0 Å². The van der Waals surface area contributed by atoms with Crippen molar-refractivity contribution in [1.29, 1.82) is 0 Å². The molecule has 2 aromatic carbocycles. The number of hydrogen-bond acceptors (Lipinski definition) is 4. The van der Waals surface area contributed by atoms with Gasteiger partial charge in [-0.2, -0.15) is 0 Å². The Kier molecular flexibility index (Phi) is 6.70. The number of carboxylic acids is 1. The number of carbonyl (C=O) groups is 2. The molecule has 0 atom stereocenters. The van der Waals surface area contributed by atoms with Crippen LogP contribution in [0.1, 0.15) is 22.8 Å². The Morgan fingerprint density at radius 1 is 1.07 bits per heavy atom. The number of aliphatic carboxylic acids is 1.